The minimum atomic E-state index is 0.298. The summed E-state index contributed by atoms with van der Waals surface area (Å²) < 4.78 is 2.27. The van der Waals surface area contributed by atoms with Gasteiger partial charge in [0, 0.05) is 18.1 Å². The maximum absolute atomic E-state index is 2.34. The average Bonchev–Trinajstić information content (AvgIpc) is 2.12. The molecule has 0 aliphatic carbocycles. The Morgan fingerprint density at radius 1 is 1.06 bits per heavy atom. The van der Waals surface area contributed by atoms with E-state index in [0.717, 1.165) is 0 Å². The van der Waals surface area contributed by atoms with Gasteiger partial charge in [-0.05, 0) is 17.3 Å². The zero-order chi connectivity index (χ0) is 13.3. The molecule has 0 aliphatic rings. The van der Waals surface area contributed by atoms with Crippen molar-refractivity contribution in [3.63, 3.8) is 0 Å². The number of rotatable bonds is 2. The number of nitrogens with zero attached hydrogens (tertiary/aromatic N) is 1. The molecule has 1 nitrogen and oxygen atoms in total. The summed E-state index contributed by atoms with van der Waals surface area (Å²) in [4.78, 5) is 0. The second-order valence-corrected chi connectivity index (χ2v) is 7.42. The van der Waals surface area contributed by atoms with Gasteiger partial charge in [-0.15, -0.1) is 0 Å². The van der Waals surface area contributed by atoms with Crippen molar-refractivity contribution in [2.75, 3.05) is 0 Å². The van der Waals surface area contributed by atoms with Gasteiger partial charge in [-0.1, -0.05) is 47.6 Å². The van der Waals surface area contributed by atoms with Crippen molar-refractivity contribution in [1.82, 2.24) is 0 Å². The molecule has 0 saturated heterocycles. The number of hydrogen-bond donors (Lipinski definition) is 0. The van der Waals surface area contributed by atoms with Crippen molar-refractivity contribution in [3.05, 3.63) is 30.1 Å². The molecule has 17 heavy (non-hydrogen) atoms. The minimum Gasteiger partial charge on any atom is -0.205 e. The van der Waals surface area contributed by atoms with Crippen molar-refractivity contribution in [1.29, 1.82) is 0 Å². The van der Waals surface area contributed by atoms with E-state index < -0.39 is 0 Å². The standard InChI is InChI=1S/C16H28N/c1-15(2,3)12-13(16(4,5)6)14-10-8-9-11-17(14)7/h8-11,13H,12H2,1-7H3/q+1. The summed E-state index contributed by atoms with van der Waals surface area (Å²) >= 11 is 0. The fourth-order valence-corrected chi connectivity index (χ4v) is 2.37. The van der Waals surface area contributed by atoms with Crippen molar-refractivity contribution >= 4 is 0 Å². The van der Waals surface area contributed by atoms with E-state index in [1.165, 1.54) is 12.1 Å². The van der Waals surface area contributed by atoms with Gasteiger partial charge in [0.15, 0.2) is 11.9 Å². The molecule has 0 bridgehead atoms. The Balaban J connectivity index is 3.13. The Morgan fingerprint density at radius 2 is 1.65 bits per heavy atom. The monoisotopic (exact) mass is 234 g/mol. The molecule has 0 aromatic carbocycles. The largest absolute Gasteiger partial charge is 0.205 e. The molecule has 1 unspecified atom stereocenters. The van der Waals surface area contributed by atoms with E-state index in [1.807, 2.05) is 0 Å². The van der Waals surface area contributed by atoms with Crippen molar-refractivity contribution in [2.24, 2.45) is 17.9 Å². The van der Waals surface area contributed by atoms with Crippen LogP contribution in [0, 0.1) is 10.8 Å². The van der Waals surface area contributed by atoms with Gasteiger partial charge in [0.25, 0.3) is 0 Å². The molecule has 1 aromatic rings. The van der Waals surface area contributed by atoms with Crippen LogP contribution in [0.25, 0.3) is 0 Å². The molecule has 0 saturated carbocycles. The van der Waals surface area contributed by atoms with Crippen LogP contribution in [0.1, 0.15) is 59.6 Å². The lowest BCUT2D eigenvalue weighted by Crippen LogP contribution is -2.39. The third-order valence-electron chi connectivity index (χ3n) is 3.31. The van der Waals surface area contributed by atoms with E-state index in [0.29, 0.717) is 16.7 Å². The highest BCUT2D eigenvalue weighted by Gasteiger charge is 2.34. The van der Waals surface area contributed by atoms with Crippen molar-refractivity contribution in [2.45, 2.75) is 53.9 Å². The molecule has 0 radical (unpaired) electrons. The third-order valence-corrected chi connectivity index (χ3v) is 3.31. The Labute approximate surface area is 107 Å². The first-order chi connectivity index (χ1) is 7.61. The van der Waals surface area contributed by atoms with Crippen LogP contribution in [-0.4, -0.2) is 0 Å². The SMILES string of the molecule is C[n+]1ccccc1C(CC(C)(C)C)C(C)(C)C. The van der Waals surface area contributed by atoms with E-state index in [2.05, 4.69) is 77.6 Å². The van der Waals surface area contributed by atoms with Gasteiger partial charge in [-0.25, -0.2) is 4.57 Å². The van der Waals surface area contributed by atoms with E-state index in [9.17, 15) is 0 Å². The summed E-state index contributed by atoms with van der Waals surface area (Å²) in [6.07, 6.45) is 3.37. The van der Waals surface area contributed by atoms with Gasteiger partial charge in [-0.3, -0.25) is 0 Å². The molecule has 1 aromatic heterocycles. The van der Waals surface area contributed by atoms with Gasteiger partial charge >= 0.3 is 0 Å². The molecule has 0 spiro atoms. The molecule has 0 aliphatic heterocycles. The fraction of sp³-hybridized carbons (Fsp3) is 0.688. The topological polar surface area (TPSA) is 3.88 Å². The van der Waals surface area contributed by atoms with E-state index in [4.69, 9.17) is 0 Å². The Bertz CT molecular complexity index is 366. The van der Waals surface area contributed by atoms with Crippen LogP contribution in [0.5, 0.6) is 0 Å². The first kappa shape index (κ1) is 14.2. The predicted molar refractivity (Wildman–Crippen MR) is 73.9 cm³/mol. The van der Waals surface area contributed by atoms with Crippen LogP contribution < -0.4 is 4.57 Å². The van der Waals surface area contributed by atoms with Crippen LogP contribution in [0.4, 0.5) is 0 Å². The molecule has 1 atom stereocenters. The molecular weight excluding hydrogens is 206 g/mol. The molecular formula is C16H28N+. The van der Waals surface area contributed by atoms with Crippen LogP contribution in [-0.2, 0) is 7.05 Å². The van der Waals surface area contributed by atoms with Crippen LogP contribution >= 0.6 is 0 Å². The summed E-state index contributed by atoms with van der Waals surface area (Å²) in [7, 11) is 2.15. The highest BCUT2D eigenvalue weighted by Crippen LogP contribution is 2.41. The van der Waals surface area contributed by atoms with Gasteiger partial charge in [0.1, 0.15) is 7.05 Å². The normalized spacial score (nSPS) is 14.8. The Kier molecular flexibility index (Phi) is 4.01. The fourth-order valence-electron chi connectivity index (χ4n) is 2.37. The second kappa shape index (κ2) is 4.80. The zero-order valence-corrected chi connectivity index (χ0v) is 12.5. The van der Waals surface area contributed by atoms with E-state index in [-0.39, 0.29) is 0 Å². The summed E-state index contributed by atoms with van der Waals surface area (Å²) in [6.45, 7) is 14.0. The quantitative estimate of drug-likeness (QED) is 0.679. The predicted octanol–water partition coefficient (Wildman–Crippen LogP) is 4.08. The minimum absolute atomic E-state index is 0.298. The lowest BCUT2D eigenvalue weighted by atomic mass is 9.70. The number of hydrogen-bond acceptors (Lipinski definition) is 0. The maximum Gasteiger partial charge on any atom is 0.184 e. The first-order valence-electron chi connectivity index (χ1n) is 6.56. The van der Waals surface area contributed by atoms with Crippen LogP contribution in [0.2, 0.25) is 0 Å². The summed E-state index contributed by atoms with van der Waals surface area (Å²) in [5, 5.41) is 0. The van der Waals surface area contributed by atoms with E-state index >= 15 is 0 Å². The third kappa shape index (κ3) is 4.14. The molecule has 0 fully saturated rings. The smallest absolute Gasteiger partial charge is 0.184 e. The Hall–Kier alpha value is -0.850. The van der Waals surface area contributed by atoms with E-state index in [1.54, 1.807) is 0 Å². The lowest BCUT2D eigenvalue weighted by molar-refractivity contribution is -0.681. The van der Waals surface area contributed by atoms with Crippen molar-refractivity contribution in [3.8, 4) is 0 Å². The van der Waals surface area contributed by atoms with Gasteiger partial charge in [0.05, 0.1) is 0 Å². The highest BCUT2D eigenvalue weighted by atomic mass is 14.9. The molecule has 96 valence electrons. The average molecular weight is 234 g/mol. The number of pyridine rings is 1. The van der Waals surface area contributed by atoms with Gasteiger partial charge in [0.2, 0.25) is 0 Å². The summed E-state index contributed by atoms with van der Waals surface area (Å²) in [5.41, 5.74) is 2.10. The summed E-state index contributed by atoms with van der Waals surface area (Å²) in [6, 6.07) is 6.51. The zero-order valence-electron chi connectivity index (χ0n) is 12.5. The maximum atomic E-state index is 2.34. The van der Waals surface area contributed by atoms with Crippen LogP contribution in [0.3, 0.4) is 0 Å². The molecule has 1 heteroatoms. The van der Waals surface area contributed by atoms with Crippen molar-refractivity contribution < 1.29 is 4.57 Å². The lowest BCUT2D eigenvalue weighted by Gasteiger charge is -2.33. The first-order valence-corrected chi connectivity index (χ1v) is 6.56. The molecule has 0 N–H and O–H groups in total. The second-order valence-electron chi connectivity index (χ2n) is 7.42. The molecule has 1 rings (SSSR count). The molecule has 0 amide bonds. The highest BCUT2D eigenvalue weighted by molar-refractivity contribution is 5.08. The number of aryl methyl sites for hydroxylation is 1. The number of aromatic nitrogens is 1. The summed E-state index contributed by atoms with van der Waals surface area (Å²) in [5.74, 6) is 0.591. The molecule has 1 heterocycles. The van der Waals surface area contributed by atoms with Crippen LogP contribution in [0.15, 0.2) is 24.4 Å². The van der Waals surface area contributed by atoms with Gasteiger partial charge in [-0.2, -0.15) is 0 Å². The Morgan fingerprint density at radius 3 is 2.06 bits per heavy atom. The van der Waals surface area contributed by atoms with Gasteiger partial charge < -0.3 is 0 Å².